The van der Waals surface area contributed by atoms with Crippen LogP contribution >= 0.6 is 0 Å². The van der Waals surface area contributed by atoms with Crippen LogP contribution in [0.25, 0.3) is 22.2 Å². The van der Waals surface area contributed by atoms with Gasteiger partial charge in [-0.1, -0.05) is 18.2 Å². The molecular weight excluding hydrogens is 623 g/mol. The van der Waals surface area contributed by atoms with Gasteiger partial charge in [-0.15, -0.1) is 0 Å². The van der Waals surface area contributed by atoms with Crippen molar-refractivity contribution in [2.24, 2.45) is 7.05 Å². The van der Waals surface area contributed by atoms with Gasteiger partial charge in [0.15, 0.2) is 5.82 Å². The molecule has 0 saturated carbocycles. The summed E-state index contributed by atoms with van der Waals surface area (Å²) in [4.78, 5) is 35.7. The molecule has 0 aliphatic carbocycles. The van der Waals surface area contributed by atoms with Crippen molar-refractivity contribution in [3.05, 3.63) is 81.3 Å². The minimum Gasteiger partial charge on any atom is -0.354 e. The molecule has 2 N–H and O–H groups in total. The molecule has 15 heteroatoms. The molecule has 1 amide bonds. The van der Waals surface area contributed by atoms with E-state index in [4.69, 9.17) is 0 Å². The zero-order chi connectivity index (χ0) is 32.7. The fourth-order valence-corrected chi connectivity index (χ4v) is 7.12. The minimum absolute atomic E-state index is 0.0151. The average molecular weight is 656 g/mol. The Morgan fingerprint density at radius 1 is 1.11 bits per heavy atom. The van der Waals surface area contributed by atoms with Crippen molar-refractivity contribution < 1.29 is 26.4 Å². The molecule has 1 fully saturated rings. The van der Waals surface area contributed by atoms with Crippen molar-refractivity contribution >= 4 is 38.8 Å². The number of aryl methyl sites for hydroxylation is 1. The van der Waals surface area contributed by atoms with Crippen LogP contribution in [0, 0.1) is 11.6 Å². The van der Waals surface area contributed by atoms with Crippen LogP contribution in [0.1, 0.15) is 30.0 Å². The third kappa shape index (κ3) is 6.16. The summed E-state index contributed by atoms with van der Waals surface area (Å²) in [6, 6.07) is 9.27. The number of carbonyl (C=O) groups is 1. The Morgan fingerprint density at radius 2 is 1.91 bits per heavy atom. The van der Waals surface area contributed by atoms with Gasteiger partial charge in [-0.05, 0) is 54.2 Å². The zero-order valence-corrected chi connectivity index (χ0v) is 26.0. The van der Waals surface area contributed by atoms with E-state index in [2.05, 4.69) is 38.2 Å². The summed E-state index contributed by atoms with van der Waals surface area (Å²) < 4.78 is 73.7. The van der Waals surface area contributed by atoms with Gasteiger partial charge in [-0.2, -0.15) is 17.7 Å². The van der Waals surface area contributed by atoms with E-state index in [1.54, 1.807) is 6.92 Å². The number of hydrogen-bond acceptors (Lipinski definition) is 7. The van der Waals surface area contributed by atoms with Gasteiger partial charge in [-0.25, -0.2) is 18.2 Å². The normalized spacial score (nSPS) is 16.9. The molecule has 4 aromatic rings. The maximum absolute atomic E-state index is 15.6. The van der Waals surface area contributed by atoms with Gasteiger partial charge in [0.05, 0.1) is 16.8 Å². The number of hydrogen-bond donors (Lipinski definition) is 2. The predicted molar refractivity (Wildman–Crippen MR) is 167 cm³/mol. The van der Waals surface area contributed by atoms with Crippen molar-refractivity contribution in [1.29, 1.82) is 0 Å². The molecular formula is C31H32F3N7O4S. The number of rotatable bonds is 8. The molecule has 0 bridgehead atoms. The van der Waals surface area contributed by atoms with Gasteiger partial charge in [0.1, 0.15) is 17.6 Å². The summed E-state index contributed by atoms with van der Waals surface area (Å²) in [5.74, 6) is -2.05. The Kier molecular flexibility index (Phi) is 8.46. The standard InChI is InChI=1S/C31H32F3N7O4S/c1-18(42)40-11-8-20-4-3-19(13-22(20)16-40)7-10-35-31-36-15-21-14-24(30(43)39(2)29(21)37-31)27-25(33)5-6-26(28(27)34)38-46(44,45)41-12-9-23(32)17-41/h3-6,13-15,23,38H,7-12,16-17H2,1-2H3,(H,35,36,37). The number of aromatic nitrogens is 3. The van der Waals surface area contributed by atoms with Crippen LogP contribution in [0.5, 0.6) is 0 Å². The average Bonchev–Trinajstić information content (AvgIpc) is 3.48. The first-order chi connectivity index (χ1) is 21.9. The van der Waals surface area contributed by atoms with Crippen molar-refractivity contribution in [3.63, 3.8) is 0 Å². The molecule has 0 radical (unpaired) electrons. The lowest BCUT2D eigenvalue weighted by molar-refractivity contribution is -0.129. The summed E-state index contributed by atoms with van der Waals surface area (Å²) in [5.41, 5.74) is 1.26. The van der Waals surface area contributed by atoms with Crippen LogP contribution in [0.2, 0.25) is 0 Å². The first kappa shape index (κ1) is 31.5. The topological polar surface area (TPSA) is 130 Å². The summed E-state index contributed by atoms with van der Waals surface area (Å²) in [6.07, 6.45) is 1.58. The third-order valence-corrected chi connectivity index (χ3v) is 9.90. The fourth-order valence-electron chi connectivity index (χ4n) is 5.85. The van der Waals surface area contributed by atoms with Crippen molar-refractivity contribution in [2.75, 3.05) is 36.2 Å². The number of nitrogens with zero attached hydrogens (tertiary/aromatic N) is 5. The van der Waals surface area contributed by atoms with Crippen LogP contribution in [-0.2, 0) is 41.4 Å². The fraction of sp³-hybridized carbons (Fsp3) is 0.355. The van der Waals surface area contributed by atoms with E-state index in [0.29, 0.717) is 31.4 Å². The third-order valence-electron chi connectivity index (χ3n) is 8.41. The van der Waals surface area contributed by atoms with E-state index in [1.807, 2.05) is 4.90 Å². The van der Waals surface area contributed by atoms with Crippen LogP contribution in [0.3, 0.4) is 0 Å². The molecule has 1 unspecified atom stereocenters. The number of benzene rings is 2. The number of carbonyl (C=O) groups excluding carboxylic acids is 1. The van der Waals surface area contributed by atoms with E-state index >= 15 is 8.78 Å². The predicted octanol–water partition coefficient (Wildman–Crippen LogP) is 3.53. The first-order valence-corrected chi connectivity index (χ1v) is 16.2. The molecule has 2 aliphatic heterocycles. The molecule has 0 spiro atoms. The molecule has 4 heterocycles. The SMILES string of the molecule is CC(=O)N1CCc2ccc(CCNc3ncc4cc(-c5c(F)ccc(NS(=O)(=O)N6CCC(F)C6)c5F)c(=O)n(C)c4n3)cc2C1. The number of fused-ring (bicyclic) bond motifs is 2. The molecule has 2 aliphatic rings. The first-order valence-electron chi connectivity index (χ1n) is 14.8. The molecule has 6 rings (SSSR count). The van der Waals surface area contributed by atoms with Gasteiger partial charge in [0.25, 0.3) is 5.56 Å². The summed E-state index contributed by atoms with van der Waals surface area (Å²) in [5, 5.41) is 3.47. The van der Waals surface area contributed by atoms with Gasteiger partial charge in [-0.3, -0.25) is 18.9 Å². The Balaban J connectivity index is 1.21. The molecule has 242 valence electrons. The number of alkyl halides is 1. The maximum Gasteiger partial charge on any atom is 0.301 e. The van der Waals surface area contributed by atoms with E-state index in [1.165, 1.54) is 24.9 Å². The highest BCUT2D eigenvalue weighted by atomic mass is 32.2. The molecule has 1 atom stereocenters. The largest absolute Gasteiger partial charge is 0.354 e. The highest BCUT2D eigenvalue weighted by molar-refractivity contribution is 7.90. The molecule has 46 heavy (non-hydrogen) atoms. The highest BCUT2D eigenvalue weighted by Gasteiger charge is 2.32. The van der Waals surface area contributed by atoms with Crippen molar-refractivity contribution in [1.82, 2.24) is 23.7 Å². The van der Waals surface area contributed by atoms with Crippen molar-refractivity contribution in [2.45, 2.75) is 38.9 Å². The second kappa shape index (κ2) is 12.4. The molecule has 2 aromatic carbocycles. The van der Waals surface area contributed by atoms with Gasteiger partial charge in [0.2, 0.25) is 11.9 Å². The molecule has 11 nitrogen and oxygen atoms in total. The van der Waals surface area contributed by atoms with E-state index in [-0.39, 0.29) is 42.6 Å². The van der Waals surface area contributed by atoms with Crippen LogP contribution < -0.4 is 15.6 Å². The van der Waals surface area contributed by atoms with Gasteiger partial charge in [0, 0.05) is 58.3 Å². The lowest BCUT2D eigenvalue weighted by atomic mass is 9.96. The Bertz CT molecular complexity index is 2020. The zero-order valence-electron chi connectivity index (χ0n) is 25.2. The monoisotopic (exact) mass is 655 g/mol. The summed E-state index contributed by atoms with van der Waals surface area (Å²) in [6.45, 7) is 2.90. The van der Waals surface area contributed by atoms with E-state index in [0.717, 1.165) is 38.6 Å². The summed E-state index contributed by atoms with van der Waals surface area (Å²) >= 11 is 0. The maximum atomic E-state index is 15.6. The van der Waals surface area contributed by atoms with Crippen LogP contribution in [0.15, 0.2) is 47.4 Å². The quantitative estimate of drug-likeness (QED) is 0.297. The van der Waals surface area contributed by atoms with Crippen LogP contribution in [-0.4, -0.2) is 70.4 Å². The number of anilines is 2. The lowest BCUT2D eigenvalue weighted by Crippen LogP contribution is -2.34. The summed E-state index contributed by atoms with van der Waals surface area (Å²) in [7, 11) is -2.91. The number of nitrogens with one attached hydrogen (secondary N) is 2. The lowest BCUT2D eigenvalue weighted by Gasteiger charge is -2.28. The second-order valence-corrected chi connectivity index (χ2v) is 13.2. The number of pyridine rings is 1. The molecule has 2 aromatic heterocycles. The van der Waals surface area contributed by atoms with Crippen molar-refractivity contribution in [3.8, 4) is 11.1 Å². The van der Waals surface area contributed by atoms with Gasteiger partial charge < -0.3 is 10.2 Å². The Hall–Kier alpha value is -4.50. The Labute approximate surface area is 263 Å². The minimum atomic E-state index is -4.32. The number of amides is 1. The van der Waals surface area contributed by atoms with Gasteiger partial charge >= 0.3 is 10.2 Å². The Morgan fingerprint density at radius 3 is 2.65 bits per heavy atom. The van der Waals surface area contributed by atoms with E-state index in [9.17, 15) is 22.4 Å². The number of halogens is 3. The smallest absolute Gasteiger partial charge is 0.301 e. The van der Waals surface area contributed by atoms with E-state index < -0.39 is 44.8 Å². The molecule has 1 saturated heterocycles. The van der Waals surface area contributed by atoms with Crippen LogP contribution in [0.4, 0.5) is 24.8 Å². The highest BCUT2D eigenvalue weighted by Crippen LogP contribution is 2.31. The second-order valence-electron chi connectivity index (χ2n) is 11.5.